The van der Waals surface area contributed by atoms with E-state index >= 15 is 4.39 Å². The number of rotatable bonds is 1. The van der Waals surface area contributed by atoms with Gasteiger partial charge in [0.2, 0.25) is 0 Å². The van der Waals surface area contributed by atoms with E-state index in [0.717, 1.165) is 23.3 Å². The van der Waals surface area contributed by atoms with Crippen LogP contribution in [-0.2, 0) is 4.79 Å². The number of carbonyl (C=O) groups is 1. The van der Waals surface area contributed by atoms with Gasteiger partial charge >= 0.3 is 0 Å². The standard InChI is InChI=1S/C23H20ClFN6O/c1-11-3-4-14-21(29-10-28-14)17(11)18-13(24)7-12-20(19(18)25)27-9-15-22(12)31-6-5-26-8-16(31)23(32)30(15)2/h3-4,7,9-10,16,26H,5-6,8H2,1-2H3,(H,28,29)/t16-/m1/s1. The molecule has 4 aromatic rings. The van der Waals surface area contributed by atoms with Gasteiger partial charge in [-0.25, -0.2) is 9.37 Å². The van der Waals surface area contributed by atoms with Crippen molar-refractivity contribution in [2.45, 2.75) is 13.0 Å². The molecule has 4 heterocycles. The SMILES string of the molecule is Cc1ccc2[nH]cnc2c1-c1c(Cl)cc2c3c(cnc2c1F)N(C)C(=O)[C@H]1CNCCN31. The van der Waals surface area contributed by atoms with E-state index in [1.165, 1.54) is 0 Å². The maximum absolute atomic E-state index is 16.1. The van der Waals surface area contributed by atoms with Crippen LogP contribution in [-0.4, -0.2) is 53.6 Å². The molecule has 0 radical (unpaired) electrons. The molecule has 1 saturated heterocycles. The summed E-state index contributed by atoms with van der Waals surface area (Å²) in [7, 11) is 1.73. The van der Waals surface area contributed by atoms with Crippen molar-refractivity contribution in [3.8, 4) is 11.1 Å². The molecule has 1 atom stereocenters. The molecule has 7 nitrogen and oxygen atoms in total. The van der Waals surface area contributed by atoms with Gasteiger partial charge in [-0.15, -0.1) is 0 Å². The number of anilines is 2. The van der Waals surface area contributed by atoms with E-state index in [9.17, 15) is 4.79 Å². The fourth-order valence-corrected chi connectivity index (χ4v) is 5.26. The van der Waals surface area contributed by atoms with Crippen molar-refractivity contribution in [3.05, 3.63) is 47.1 Å². The molecule has 0 spiro atoms. The minimum Gasteiger partial charge on any atom is -0.355 e. The summed E-state index contributed by atoms with van der Waals surface area (Å²) in [6.45, 7) is 3.84. The molecule has 2 aliphatic rings. The molecule has 2 aromatic heterocycles. The van der Waals surface area contributed by atoms with E-state index in [1.807, 2.05) is 24.0 Å². The van der Waals surface area contributed by atoms with Gasteiger partial charge in [-0.3, -0.25) is 9.78 Å². The number of likely N-dealkylation sites (N-methyl/N-ethyl adjacent to an activating group) is 1. The lowest BCUT2D eigenvalue weighted by molar-refractivity contribution is -0.120. The Balaban J connectivity index is 1.66. The molecule has 2 N–H and O–H groups in total. The highest BCUT2D eigenvalue weighted by Gasteiger charge is 2.39. The molecule has 1 fully saturated rings. The Labute approximate surface area is 188 Å². The Morgan fingerprint density at radius 1 is 1.22 bits per heavy atom. The van der Waals surface area contributed by atoms with E-state index in [4.69, 9.17) is 11.6 Å². The number of halogens is 2. The van der Waals surface area contributed by atoms with Gasteiger partial charge in [0, 0.05) is 43.2 Å². The normalized spacial score (nSPS) is 18.4. The zero-order valence-electron chi connectivity index (χ0n) is 17.5. The maximum atomic E-state index is 16.1. The topological polar surface area (TPSA) is 77.1 Å². The zero-order valence-corrected chi connectivity index (χ0v) is 18.3. The van der Waals surface area contributed by atoms with Crippen molar-refractivity contribution < 1.29 is 9.18 Å². The van der Waals surface area contributed by atoms with Crippen LogP contribution >= 0.6 is 11.6 Å². The molecular weight excluding hydrogens is 431 g/mol. The molecule has 32 heavy (non-hydrogen) atoms. The molecule has 0 bridgehead atoms. The number of fused-ring (bicyclic) bond motifs is 6. The molecule has 9 heteroatoms. The van der Waals surface area contributed by atoms with Crippen LogP contribution in [0, 0.1) is 12.7 Å². The number of benzene rings is 2. The third-order valence-electron chi connectivity index (χ3n) is 6.56. The summed E-state index contributed by atoms with van der Waals surface area (Å²) in [5.41, 5.74) is 4.98. The van der Waals surface area contributed by atoms with Crippen LogP contribution in [0.5, 0.6) is 0 Å². The predicted molar refractivity (Wildman–Crippen MR) is 124 cm³/mol. The number of carbonyl (C=O) groups excluding carboxylic acids is 1. The number of aryl methyl sites for hydroxylation is 1. The number of hydrogen-bond donors (Lipinski definition) is 2. The average molecular weight is 451 g/mol. The highest BCUT2D eigenvalue weighted by Crippen LogP contribution is 2.46. The first-order valence-corrected chi connectivity index (χ1v) is 10.8. The second-order valence-electron chi connectivity index (χ2n) is 8.30. The van der Waals surface area contributed by atoms with Gasteiger partial charge in [0.15, 0.2) is 5.82 Å². The van der Waals surface area contributed by atoms with Crippen molar-refractivity contribution in [2.75, 3.05) is 36.5 Å². The zero-order chi connectivity index (χ0) is 22.1. The number of amides is 1. The second-order valence-corrected chi connectivity index (χ2v) is 8.71. The van der Waals surface area contributed by atoms with E-state index in [2.05, 4.69) is 20.3 Å². The lowest BCUT2D eigenvalue weighted by Crippen LogP contribution is -2.61. The summed E-state index contributed by atoms with van der Waals surface area (Å²) in [5, 5.41) is 4.16. The molecule has 1 amide bonds. The van der Waals surface area contributed by atoms with Crippen LogP contribution in [0.3, 0.4) is 0 Å². The largest absolute Gasteiger partial charge is 0.355 e. The van der Waals surface area contributed by atoms with Gasteiger partial charge in [-0.2, -0.15) is 0 Å². The number of piperazine rings is 1. The number of H-pyrrole nitrogens is 1. The number of pyridine rings is 1. The van der Waals surface area contributed by atoms with Crippen molar-refractivity contribution >= 4 is 50.8 Å². The molecule has 0 unspecified atom stereocenters. The molecule has 0 saturated carbocycles. The third kappa shape index (κ3) is 2.53. The summed E-state index contributed by atoms with van der Waals surface area (Å²) >= 11 is 6.75. The maximum Gasteiger partial charge on any atom is 0.250 e. The number of nitrogens with zero attached hydrogens (tertiary/aromatic N) is 4. The summed E-state index contributed by atoms with van der Waals surface area (Å²) in [4.78, 5) is 28.4. The van der Waals surface area contributed by atoms with E-state index in [0.29, 0.717) is 40.8 Å². The lowest BCUT2D eigenvalue weighted by atomic mass is 9.95. The van der Waals surface area contributed by atoms with E-state index < -0.39 is 5.82 Å². The van der Waals surface area contributed by atoms with E-state index in [-0.39, 0.29) is 22.5 Å². The highest BCUT2D eigenvalue weighted by atomic mass is 35.5. The predicted octanol–water partition coefficient (Wildman–Crippen LogP) is 3.63. The molecule has 162 valence electrons. The van der Waals surface area contributed by atoms with Crippen molar-refractivity contribution in [1.82, 2.24) is 20.3 Å². The Bertz CT molecular complexity index is 1430. The molecule has 6 rings (SSSR count). The van der Waals surface area contributed by atoms with Crippen LogP contribution in [0.25, 0.3) is 33.1 Å². The highest BCUT2D eigenvalue weighted by molar-refractivity contribution is 6.35. The number of imidazole rings is 1. The van der Waals surface area contributed by atoms with Crippen molar-refractivity contribution in [3.63, 3.8) is 0 Å². The fourth-order valence-electron chi connectivity index (χ4n) is 4.98. The summed E-state index contributed by atoms with van der Waals surface area (Å²) in [5.74, 6) is -0.491. The fraction of sp³-hybridized carbons (Fsp3) is 0.261. The van der Waals surface area contributed by atoms with Crippen LogP contribution in [0.4, 0.5) is 15.8 Å². The van der Waals surface area contributed by atoms with Gasteiger partial charge in [0.1, 0.15) is 11.6 Å². The summed E-state index contributed by atoms with van der Waals surface area (Å²) < 4.78 is 16.1. The van der Waals surface area contributed by atoms with Gasteiger partial charge in [0.05, 0.1) is 40.0 Å². The number of hydrogen-bond acceptors (Lipinski definition) is 5. The first kappa shape index (κ1) is 19.5. The number of aromatic nitrogens is 3. The Kier molecular flexibility index (Phi) is 4.18. The monoisotopic (exact) mass is 450 g/mol. The van der Waals surface area contributed by atoms with Crippen molar-refractivity contribution in [1.29, 1.82) is 0 Å². The van der Waals surface area contributed by atoms with Crippen LogP contribution in [0.2, 0.25) is 5.02 Å². The molecule has 2 aromatic carbocycles. The smallest absolute Gasteiger partial charge is 0.250 e. The molecule has 2 aliphatic heterocycles. The average Bonchev–Trinajstić information content (AvgIpc) is 3.27. The third-order valence-corrected chi connectivity index (χ3v) is 6.86. The summed E-state index contributed by atoms with van der Waals surface area (Å²) in [6.07, 6.45) is 3.17. The first-order chi connectivity index (χ1) is 15.5. The van der Waals surface area contributed by atoms with Crippen LogP contribution in [0.15, 0.2) is 30.7 Å². The first-order valence-electron chi connectivity index (χ1n) is 10.5. The molecular formula is C23H20ClFN6O. The van der Waals surface area contributed by atoms with Gasteiger partial charge in [-0.1, -0.05) is 17.7 Å². The quantitative estimate of drug-likeness (QED) is 0.463. The molecule has 0 aliphatic carbocycles. The van der Waals surface area contributed by atoms with Gasteiger partial charge in [0.25, 0.3) is 5.91 Å². The summed E-state index contributed by atoms with van der Waals surface area (Å²) in [6, 6.07) is 5.27. The minimum absolute atomic E-state index is 0.00475. The van der Waals surface area contributed by atoms with Crippen LogP contribution in [0.1, 0.15) is 5.56 Å². The van der Waals surface area contributed by atoms with Gasteiger partial charge < -0.3 is 20.1 Å². The van der Waals surface area contributed by atoms with Crippen LogP contribution < -0.4 is 15.1 Å². The number of nitrogens with one attached hydrogen (secondary N) is 2. The number of aromatic amines is 1. The second kappa shape index (κ2) is 6.88. The Morgan fingerprint density at radius 3 is 2.91 bits per heavy atom. The Morgan fingerprint density at radius 2 is 2.06 bits per heavy atom. The van der Waals surface area contributed by atoms with Crippen molar-refractivity contribution in [2.24, 2.45) is 0 Å². The van der Waals surface area contributed by atoms with E-state index in [1.54, 1.807) is 30.5 Å². The lowest BCUT2D eigenvalue weighted by Gasteiger charge is -2.44. The van der Waals surface area contributed by atoms with Gasteiger partial charge in [-0.05, 0) is 24.6 Å². The Hall–Kier alpha value is -3.23. The minimum atomic E-state index is -0.486.